The molecule has 0 atom stereocenters. The standard InChI is InChI=1S/C30H33N7O.3C2H6/c1-22-6-11-26(19-28(22)36(3)30-32-14-12-27(34-30)25-5-4-13-31-20-25)33-29(38)24-9-7-23(8-10-24)21-37-17-15-35(2)16-18-37;3*1-2/h4-14,19-20H,15-18,21H2,1-3H3,(H,33,38);3*1-2H3. The fraction of sp³-hybridized carbons (Fsp3) is 0.389. The predicted octanol–water partition coefficient (Wildman–Crippen LogP) is 7.69. The van der Waals surface area contributed by atoms with Crippen molar-refractivity contribution >= 4 is 23.2 Å². The van der Waals surface area contributed by atoms with Gasteiger partial charge in [-0.3, -0.25) is 14.7 Å². The van der Waals surface area contributed by atoms with Crippen LogP contribution in [0.25, 0.3) is 11.3 Å². The fourth-order valence-electron chi connectivity index (χ4n) is 4.57. The summed E-state index contributed by atoms with van der Waals surface area (Å²) in [6.07, 6.45) is 5.27. The zero-order valence-electron chi connectivity index (χ0n) is 28.1. The largest absolute Gasteiger partial charge is 0.322 e. The number of aromatic nitrogens is 3. The fourth-order valence-corrected chi connectivity index (χ4v) is 4.57. The van der Waals surface area contributed by atoms with Gasteiger partial charge in [-0.25, -0.2) is 9.97 Å². The summed E-state index contributed by atoms with van der Waals surface area (Å²) in [6, 6.07) is 19.5. The molecule has 1 N–H and O–H groups in total. The molecule has 0 spiro atoms. The second kappa shape index (κ2) is 19.2. The van der Waals surface area contributed by atoms with Crippen LogP contribution in [0.1, 0.15) is 63.0 Å². The van der Waals surface area contributed by atoms with Crippen molar-refractivity contribution in [2.24, 2.45) is 0 Å². The molecule has 8 heteroatoms. The first-order valence-electron chi connectivity index (χ1n) is 15.9. The number of likely N-dealkylation sites (N-methyl/N-ethyl adjacent to an activating group) is 1. The van der Waals surface area contributed by atoms with Crippen LogP contribution in [0, 0.1) is 6.92 Å². The number of nitrogens with zero attached hydrogens (tertiary/aromatic N) is 6. The number of hydrogen-bond donors (Lipinski definition) is 1. The first-order valence-corrected chi connectivity index (χ1v) is 15.9. The average Bonchev–Trinajstić information content (AvgIpc) is 3.10. The number of hydrogen-bond acceptors (Lipinski definition) is 7. The van der Waals surface area contributed by atoms with E-state index in [1.165, 1.54) is 5.56 Å². The lowest BCUT2D eigenvalue weighted by Gasteiger charge is -2.32. The van der Waals surface area contributed by atoms with E-state index in [1.54, 1.807) is 18.6 Å². The zero-order valence-corrected chi connectivity index (χ0v) is 28.1. The summed E-state index contributed by atoms with van der Waals surface area (Å²) < 4.78 is 0. The molecule has 1 saturated heterocycles. The van der Waals surface area contributed by atoms with E-state index in [9.17, 15) is 4.79 Å². The van der Waals surface area contributed by atoms with Gasteiger partial charge in [0.2, 0.25) is 5.95 Å². The lowest BCUT2D eigenvalue weighted by atomic mass is 10.1. The Bertz CT molecular complexity index is 1390. The summed E-state index contributed by atoms with van der Waals surface area (Å²) in [7, 11) is 4.09. The highest BCUT2D eigenvalue weighted by molar-refractivity contribution is 6.04. The van der Waals surface area contributed by atoms with Gasteiger partial charge in [-0.2, -0.15) is 0 Å². The molecule has 2 aromatic carbocycles. The third kappa shape index (κ3) is 10.2. The number of benzene rings is 2. The monoisotopic (exact) mass is 597 g/mol. The summed E-state index contributed by atoms with van der Waals surface area (Å²) >= 11 is 0. The Morgan fingerprint density at radius 1 is 0.886 bits per heavy atom. The van der Waals surface area contributed by atoms with Crippen molar-refractivity contribution in [3.05, 3.63) is 95.9 Å². The number of amides is 1. The van der Waals surface area contributed by atoms with Crippen LogP contribution in [0.2, 0.25) is 0 Å². The number of pyridine rings is 1. The summed E-state index contributed by atoms with van der Waals surface area (Å²) in [5.74, 6) is 0.428. The maximum absolute atomic E-state index is 13.0. The summed E-state index contributed by atoms with van der Waals surface area (Å²) in [5, 5.41) is 3.04. The highest BCUT2D eigenvalue weighted by atomic mass is 16.1. The molecule has 2 aromatic heterocycles. The van der Waals surface area contributed by atoms with Crippen molar-refractivity contribution in [1.82, 2.24) is 24.8 Å². The van der Waals surface area contributed by atoms with Gasteiger partial charge < -0.3 is 15.1 Å². The van der Waals surface area contributed by atoms with E-state index in [2.05, 4.69) is 32.1 Å². The molecule has 5 rings (SSSR count). The van der Waals surface area contributed by atoms with E-state index in [0.29, 0.717) is 17.2 Å². The van der Waals surface area contributed by atoms with Gasteiger partial charge in [0.05, 0.1) is 5.69 Å². The smallest absolute Gasteiger partial charge is 0.255 e. The van der Waals surface area contributed by atoms with Crippen LogP contribution in [-0.4, -0.2) is 70.9 Å². The summed E-state index contributed by atoms with van der Waals surface area (Å²) in [5.41, 5.74) is 6.26. The van der Waals surface area contributed by atoms with Gasteiger partial charge in [-0.1, -0.05) is 59.7 Å². The van der Waals surface area contributed by atoms with Crippen molar-refractivity contribution in [3.63, 3.8) is 0 Å². The second-order valence-electron chi connectivity index (χ2n) is 9.77. The third-order valence-corrected chi connectivity index (χ3v) is 6.95. The van der Waals surface area contributed by atoms with Crippen LogP contribution >= 0.6 is 0 Å². The van der Waals surface area contributed by atoms with E-state index in [-0.39, 0.29) is 5.91 Å². The number of nitrogens with one attached hydrogen (secondary N) is 1. The van der Waals surface area contributed by atoms with Crippen molar-refractivity contribution in [3.8, 4) is 11.3 Å². The number of aryl methyl sites for hydroxylation is 1. The average molecular weight is 598 g/mol. The van der Waals surface area contributed by atoms with Crippen LogP contribution in [0.5, 0.6) is 0 Å². The van der Waals surface area contributed by atoms with Crippen LogP contribution in [0.4, 0.5) is 17.3 Å². The molecule has 8 nitrogen and oxygen atoms in total. The molecule has 1 aliphatic heterocycles. The SMILES string of the molecule is CC.CC.CC.Cc1ccc(NC(=O)c2ccc(CN3CCN(C)CC3)cc2)cc1N(C)c1nccc(-c2cccnc2)n1. The Kier molecular flexibility index (Phi) is 15.7. The van der Waals surface area contributed by atoms with E-state index in [4.69, 9.17) is 4.98 Å². The van der Waals surface area contributed by atoms with Gasteiger partial charge in [0.25, 0.3) is 5.91 Å². The third-order valence-electron chi connectivity index (χ3n) is 6.95. The normalized spacial score (nSPS) is 12.8. The number of carbonyl (C=O) groups is 1. The van der Waals surface area contributed by atoms with Crippen molar-refractivity contribution < 1.29 is 4.79 Å². The number of anilines is 3. The molecule has 1 aliphatic rings. The topological polar surface area (TPSA) is 77.5 Å². The Hall–Kier alpha value is -4.14. The summed E-state index contributed by atoms with van der Waals surface area (Å²) in [6.45, 7) is 19.3. The van der Waals surface area contributed by atoms with Crippen LogP contribution in [0.3, 0.4) is 0 Å². The maximum Gasteiger partial charge on any atom is 0.255 e. The minimum Gasteiger partial charge on any atom is -0.322 e. The van der Waals surface area contributed by atoms with E-state index in [1.807, 2.05) is 121 Å². The van der Waals surface area contributed by atoms with E-state index >= 15 is 0 Å². The van der Waals surface area contributed by atoms with Crippen molar-refractivity contribution in [2.45, 2.75) is 55.0 Å². The Morgan fingerprint density at radius 3 is 2.20 bits per heavy atom. The molecule has 0 radical (unpaired) electrons. The van der Waals surface area contributed by atoms with Crippen LogP contribution < -0.4 is 10.2 Å². The van der Waals surface area contributed by atoms with Gasteiger partial charge >= 0.3 is 0 Å². The second-order valence-corrected chi connectivity index (χ2v) is 9.77. The van der Waals surface area contributed by atoms with E-state index < -0.39 is 0 Å². The quantitative estimate of drug-likeness (QED) is 0.234. The first kappa shape index (κ1) is 36.1. The molecule has 1 amide bonds. The molecule has 0 unspecified atom stereocenters. The lowest BCUT2D eigenvalue weighted by Crippen LogP contribution is -2.43. The molecule has 0 bridgehead atoms. The Balaban J connectivity index is 0.00000106. The van der Waals surface area contributed by atoms with Gasteiger partial charge in [0, 0.05) is 80.9 Å². The van der Waals surface area contributed by atoms with Gasteiger partial charge in [-0.15, -0.1) is 0 Å². The highest BCUT2D eigenvalue weighted by Gasteiger charge is 2.16. The number of piperazine rings is 1. The highest BCUT2D eigenvalue weighted by Crippen LogP contribution is 2.29. The molecule has 0 saturated carbocycles. The zero-order chi connectivity index (χ0) is 32.5. The Labute approximate surface area is 265 Å². The first-order chi connectivity index (χ1) is 21.5. The lowest BCUT2D eigenvalue weighted by molar-refractivity contribution is 0.102. The minimum atomic E-state index is -0.136. The van der Waals surface area contributed by atoms with Crippen LogP contribution in [-0.2, 0) is 6.54 Å². The molecule has 44 heavy (non-hydrogen) atoms. The number of rotatable bonds is 7. The van der Waals surface area contributed by atoms with Crippen molar-refractivity contribution in [2.75, 3.05) is 50.5 Å². The molecular formula is C36H51N7O. The van der Waals surface area contributed by atoms with Crippen molar-refractivity contribution in [1.29, 1.82) is 0 Å². The van der Waals surface area contributed by atoms with Gasteiger partial charge in [0.15, 0.2) is 0 Å². The minimum absolute atomic E-state index is 0.136. The van der Waals surface area contributed by atoms with Gasteiger partial charge in [0.1, 0.15) is 0 Å². The molecule has 0 aliphatic carbocycles. The molecule has 3 heterocycles. The number of carbonyl (C=O) groups excluding carboxylic acids is 1. The predicted molar refractivity (Wildman–Crippen MR) is 186 cm³/mol. The van der Waals surface area contributed by atoms with Crippen LogP contribution in [0.15, 0.2) is 79.3 Å². The Morgan fingerprint density at radius 2 is 1.57 bits per heavy atom. The molecule has 1 fully saturated rings. The van der Waals surface area contributed by atoms with Gasteiger partial charge in [-0.05, 0) is 67.6 Å². The maximum atomic E-state index is 13.0. The molecular weight excluding hydrogens is 546 g/mol. The van der Waals surface area contributed by atoms with E-state index in [0.717, 1.165) is 55.2 Å². The summed E-state index contributed by atoms with van der Waals surface area (Å²) in [4.78, 5) is 33.1. The molecule has 236 valence electrons. The molecule has 4 aromatic rings.